The van der Waals surface area contributed by atoms with Crippen LogP contribution in [0.25, 0.3) is 0 Å². The fourth-order valence-electron chi connectivity index (χ4n) is 2.11. The molecule has 1 fully saturated rings. The van der Waals surface area contributed by atoms with Crippen molar-refractivity contribution in [1.82, 2.24) is 0 Å². The Bertz CT molecular complexity index is 220. The summed E-state index contributed by atoms with van der Waals surface area (Å²) in [5.74, 6) is 0.475. The third kappa shape index (κ3) is 3.57. The molecule has 0 bridgehead atoms. The maximum absolute atomic E-state index is 9.22. The van der Waals surface area contributed by atoms with Gasteiger partial charge in [0.15, 0.2) is 8.32 Å². The number of rotatable bonds is 3. The highest BCUT2D eigenvalue weighted by Crippen LogP contribution is 2.39. The summed E-state index contributed by atoms with van der Waals surface area (Å²) in [5.41, 5.74) is 0. The molecule has 0 saturated heterocycles. The van der Waals surface area contributed by atoms with Gasteiger partial charge in [0, 0.05) is 12.7 Å². The van der Waals surface area contributed by atoms with Crippen LogP contribution in [-0.2, 0) is 4.43 Å². The minimum absolute atomic E-state index is 0.291. The summed E-state index contributed by atoms with van der Waals surface area (Å²) in [5, 5.41) is 9.51. The summed E-state index contributed by atoms with van der Waals surface area (Å²) in [6, 6.07) is 0. The molecule has 0 spiro atoms. The van der Waals surface area contributed by atoms with Gasteiger partial charge < -0.3 is 9.53 Å². The second kappa shape index (κ2) is 5.19. The lowest BCUT2D eigenvalue weighted by Gasteiger charge is -2.41. The Kier molecular flexibility index (Phi) is 4.61. The lowest BCUT2D eigenvalue weighted by Crippen LogP contribution is -2.45. The topological polar surface area (TPSA) is 29.5 Å². The van der Waals surface area contributed by atoms with Crippen molar-refractivity contribution in [2.45, 2.75) is 70.7 Å². The Balaban J connectivity index is 2.53. The Morgan fingerprint density at radius 1 is 1.25 bits per heavy atom. The van der Waals surface area contributed by atoms with Crippen molar-refractivity contribution in [2.24, 2.45) is 5.92 Å². The van der Waals surface area contributed by atoms with Crippen molar-refractivity contribution < 1.29 is 9.53 Å². The van der Waals surface area contributed by atoms with E-state index in [4.69, 9.17) is 4.43 Å². The van der Waals surface area contributed by atoms with Crippen LogP contribution in [0, 0.1) is 5.92 Å². The summed E-state index contributed by atoms with van der Waals surface area (Å²) in [6.45, 7) is 11.8. The first-order valence-electron chi connectivity index (χ1n) is 6.55. The zero-order valence-electron chi connectivity index (χ0n) is 11.5. The first-order valence-corrected chi connectivity index (χ1v) is 9.46. The molecule has 0 radical (unpaired) electrons. The molecule has 0 aromatic carbocycles. The summed E-state index contributed by atoms with van der Waals surface area (Å²) < 4.78 is 6.40. The number of hydrogen-bond acceptors (Lipinski definition) is 2. The molecule has 0 heterocycles. The molecule has 1 aliphatic rings. The Morgan fingerprint density at radius 3 is 2.38 bits per heavy atom. The molecule has 2 atom stereocenters. The highest BCUT2D eigenvalue weighted by Gasteiger charge is 2.39. The van der Waals surface area contributed by atoms with E-state index in [1.54, 1.807) is 0 Å². The van der Waals surface area contributed by atoms with E-state index in [1.807, 2.05) is 0 Å². The molecule has 3 heteroatoms. The van der Waals surface area contributed by atoms with Crippen LogP contribution in [-0.4, -0.2) is 26.1 Å². The molecule has 16 heavy (non-hydrogen) atoms. The largest absolute Gasteiger partial charge is 0.414 e. The smallest absolute Gasteiger partial charge is 0.192 e. The normalized spacial score (nSPS) is 28.1. The molecule has 2 unspecified atom stereocenters. The van der Waals surface area contributed by atoms with Gasteiger partial charge in [0.05, 0.1) is 0 Å². The molecule has 0 aliphatic heterocycles. The lowest BCUT2D eigenvalue weighted by atomic mass is 9.88. The van der Waals surface area contributed by atoms with Crippen molar-refractivity contribution in [2.75, 3.05) is 6.61 Å². The molecule has 1 aliphatic carbocycles. The molecule has 96 valence electrons. The number of aliphatic hydroxyl groups excluding tert-OH is 1. The van der Waals surface area contributed by atoms with Crippen molar-refractivity contribution in [3.05, 3.63) is 0 Å². The van der Waals surface area contributed by atoms with Crippen LogP contribution < -0.4 is 0 Å². The van der Waals surface area contributed by atoms with E-state index in [2.05, 4.69) is 33.9 Å². The molecule has 0 aromatic heterocycles. The number of hydrogen-bond donors (Lipinski definition) is 1. The standard InChI is InChI=1S/C13H28O2Si/c1-13(2,3)16(4,5)15-12-8-6-7-11(9-12)10-14/h11-12,14H,6-10H2,1-5H3. The van der Waals surface area contributed by atoms with Gasteiger partial charge in [-0.2, -0.15) is 0 Å². The van der Waals surface area contributed by atoms with Crippen LogP contribution in [0.3, 0.4) is 0 Å². The summed E-state index contributed by atoms with van der Waals surface area (Å²) in [6.07, 6.45) is 5.02. The molecule has 2 nitrogen and oxygen atoms in total. The van der Waals surface area contributed by atoms with E-state index in [0.29, 0.717) is 23.7 Å². The van der Waals surface area contributed by atoms with Crippen LogP contribution in [0.2, 0.25) is 18.1 Å². The van der Waals surface area contributed by atoms with Gasteiger partial charge in [-0.1, -0.05) is 27.2 Å². The third-order valence-corrected chi connectivity index (χ3v) is 8.80. The van der Waals surface area contributed by atoms with Crippen molar-refractivity contribution in [3.8, 4) is 0 Å². The zero-order valence-corrected chi connectivity index (χ0v) is 12.5. The highest BCUT2D eigenvalue weighted by atomic mass is 28.4. The van der Waals surface area contributed by atoms with Crippen LogP contribution in [0.15, 0.2) is 0 Å². The monoisotopic (exact) mass is 244 g/mol. The average molecular weight is 244 g/mol. The molecule has 1 rings (SSSR count). The van der Waals surface area contributed by atoms with Crippen LogP contribution >= 0.6 is 0 Å². The van der Waals surface area contributed by atoms with Gasteiger partial charge in [-0.25, -0.2) is 0 Å². The highest BCUT2D eigenvalue weighted by molar-refractivity contribution is 6.74. The van der Waals surface area contributed by atoms with Crippen molar-refractivity contribution in [3.63, 3.8) is 0 Å². The Hall–Kier alpha value is 0.137. The van der Waals surface area contributed by atoms with Gasteiger partial charge in [-0.15, -0.1) is 0 Å². The maximum atomic E-state index is 9.22. The predicted octanol–water partition coefficient (Wildman–Crippen LogP) is 3.56. The van der Waals surface area contributed by atoms with Gasteiger partial charge >= 0.3 is 0 Å². The Labute approximate surface area is 102 Å². The molecule has 1 saturated carbocycles. The van der Waals surface area contributed by atoms with E-state index in [-0.39, 0.29) is 0 Å². The van der Waals surface area contributed by atoms with Crippen molar-refractivity contribution in [1.29, 1.82) is 0 Å². The second-order valence-corrected chi connectivity index (χ2v) is 11.5. The maximum Gasteiger partial charge on any atom is 0.192 e. The summed E-state index contributed by atoms with van der Waals surface area (Å²) in [7, 11) is -1.62. The Morgan fingerprint density at radius 2 is 1.88 bits per heavy atom. The third-order valence-electron chi connectivity index (χ3n) is 4.26. The van der Waals surface area contributed by atoms with E-state index in [0.717, 1.165) is 6.42 Å². The van der Waals surface area contributed by atoms with E-state index < -0.39 is 8.32 Å². The second-order valence-electron chi connectivity index (χ2n) is 6.72. The molecular weight excluding hydrogens is 216 g/mol. The summed E-state index contributed by atoms with van der Waals surface area (Å²) >= 11 is 0. The van der Waals surface area contributed by atoms with Gasteiger partial charge in [-0.05, 0) is 43.3 Å². The molecule has 1 N–H and O–H groups in total. The van der Waals surface area contributed by atoms with E-state index >= 15 is 0 Å². The van der Waals surface area contributed by atoms with Crippen LogP contribution in [0.4, 0.5) is 0 Å². The predicted molar refractivity (Wildman–Crippen MR) is 71.1 cm³/mol. The molecule has 0 amide bonds. The van der Waals surface area contributed by atoms with E-state index in [1.165, 1.54) is 19.3 Å². The SMILES string of the molecule is CC(C)(C)[Si](C)(C)OC1CCCC(CO)C1. The fourth-order valence-corrected chi connectivity index (χ4v) is 3.51. The average Bonchev–Trinajstić information content (AvgIpc) is 2.15. The van der Waals surface area contributed by atoms with Gasteiger partial charge in [-0.3, -0.25) is 0 Å². The summed E-state index contributed by atoms with van der Waals surface area (Å²) in [4.78, 5) is 0. The van der Waals surface area contributed by atoms with Crippen molar-refractivity contribution >= 4 is 8.32 Å². The minimum atomic E-state index is -1.62. The van der Waals surface area contributed by atoms with Gasteiger partial charge in [0.25, 0.3) is 0 Å². The van der Waals surface area contributed by atoms with Crippen LogP contribution in [0.1, 0.15) is 46.5 Å². The molecular formula is C13H28O2Si. The van der Waals surface area contributed by atoms with Gasteiger partial charge in [0.1, 0.15) is 0 Å². The van der Waals surface area contributed by atoms with Crippen LogP contribution in [0.5, 0.6) is 0 Å². The number of aliphatic hydroxyl groups is 1. The quantitative estimate of drug-likeness (QED) is 0.769. The fraction of sp³-hybridized carbons (Fsp3) is 1.00. The first-order chi connectivity index (χ1) is 7.26. The first kappa shape index (κ1) is 14.2. The minimum Gasteiger partial charge on any atom is -0.414 e. The molecule has 0 aromatic rings. The lowest BCUT2D eigenvalue weighted by molar-refractivity contribution is 0.0826. The zero-order chi connectivity index (χ0) is 12.4. The van der Waals surface area contributed by atoms with E-state index in [9.17, 15) is 5.11 Å². The van der Waals surface area contributed by atoms with Gasteiger partial charge in [0.2, 0.25) is 0 Å².